The number of imide groups is 1. The average molecular weight is 289 g/mol. The second-order valence-corrected chi connectivity index (χ2v) is 5.40. The molecule has 1 aromatic rings. The van der Waals surface area contributed by atoms with Gasteiger partial charge < -0.3 is 5.11 Å². The summed E-state index contributed by atoms with van der Waals surface area (Å²) in [5.74, 6) is -1.70. The molecule has 1 N–H and O–H groups in total. The second kappa shape index (κ2) is 6.52. The molecular formula is C16H19NO4. The molecule has 5 nitrogen and oxygen atoms in total. The Bertz CT molecular complexity index is 524. The van der Waals surface area contributed by atoms with E-state index in [0.29, 0.717) is 12.8 Å². The first-order chi connectivity index (χ1) is 10.0. The van der Waals surface area contributed by atoms with Crippen molar-refractivity contribution in [2.24, 2.45) is 5.92 Å². The van der Waals surface area contributed by atoms with Crippen LogP contribution in [0.3, 0.4) is 0 Å². The average Bonchev–Trinajstić information content (AvgIpc) is 2.80. The maximum absolute atomic E-state index is 12.0. The van der Waals surface area contributed by atoms with E-state index in [-0.39, 0.29) is 30.7 Å². The number of aliphatic carboxylic acids is 1. The summed E-state index contributed by atoms with van der Waals surface area (Å²) in [5, 5.41) is 8.99. The lowest BCUT2D eigenvalue weighted by Crippen LogP contribution is -2.34. The van der Waals surface area contributed by atoms with Crippen LogP contribution in [0.25, 0.3) is 0 Å². The fourth-order valence-corrected chi connectivity index (χ4v) is 2.59. The summed E-state index contributed by atoms with van der Waals surface area (Å²) < 4.78 is 0. The van der Waals surface area contributed by atoms with Gasteiger partial charge in [0.25, 0.3) is 0 Å². The molecule has 2 atom stereocenters. The molecule has 5 heteroatoms. The van der Waals surface area contributed by atoms with Crippen molar-refractivity contribution in [2.45, 2.75) is 38.6 Å². The fraction of sp³-hybridized carbons (Fsp3) is 0.438. The van der Waals surface area contributed by atoms with Crippen LogP contribution in [0.2, 0.25) is 0 Å². The Kier molecular flexibility index (Phi) is 4.73. The van der Waals surface area contributed by atoms with Crippen LogP contribution in [0.5, 0.6) is 0 Å². The number of rotatable bonds is 6. The molecule has 1 aliphatic rings. The minimum absolute atomic E-state index is 0.170. The zero-order valence-electron chi connectivity index (χ0n) is 12.0. The standard InChI is InChI=1S/C16H19NO4/c1-11(16(20)21)7-8-13(12-5-3-2-4-6-12)17-14(18)9-10-15(17)19/h2-6,11,13H,7-10H2,1H3,(H,20,21). The summed E-state index contributed by atoms with van der Waals surface area (Å²) in [6, 6.07) is 8.95. The van der Waals surface area contributed by atoms with Gasteiger partial charge in [-0.3, -0.25) is 19.3 Å². The van der Waals surface area contributed by atoms with E-state index < -0.39 is 11.9 Å². The van der Waals surface area contributed by atoms with Crippen molar-refractivity contribution >= 4 is 17.8 Å². The predicted molar refractivity (Wildman–Crippen MR) is 76.3 cm³/mol. The lowest BCUT2D eigenvalue weighted by Gasteiger charge is -2.27. The van der Waals surface area contributed by atoms with Crippen LogP contribution in [-0.4, -0.2) is 27.8 Å². The molecule has 0 radical (unpaired) electrons. The number of carbonyl (C=O) groups is 3. The van der Waals surface area contributed by atoms with E-state index in [0.717, 1.165) is 5.56 Å². The maximum Gasteiger partial charge on any atom is 0.306 e. The first-order valence-corrected chi connectivity index (χ1v) is 7.13. The number of benzene rings is 1. The summed E-state index contributed by atoms with van der Waals surface area (Å²) in [4.78, 5) is 36.2. The highest BCUT2D eigenvalue weighted by Crippen LogP contribution is 2.31. The number of hydrogen-bond donors (Lipinski definition) is 1. The van der Waals surface area contributed by atoms with Gasteiger partial charge in [-0.1, -0.05) is 37.3 Å². The number of carbonyl (C=O) groups excluding carboxylic acids is 2. The third-order valence-corrected chi connectivity index (χ3v) is 3.88. The second-order valence-electron chi connectivity index (χ2n) is 5.40. The number of carboxylic acid groups (broad SMARTS) is 1. The van der Waals surface area contributed by atoms with Crippen molar-refractivity contribution in [3.63, 3.8) is 0 Å². The number of amides is 2. The smallest absolute Gasteiger partial charge is 0.306 e. The van der Waals surface area contributed by atoms with Gasteiger partial charge in [-0.05, 0) is 18.4 Å². The molecule has 1 aromatic carbocycles. The molecular weight excluding hydrogens is 270 g/mol. The molecule has 0 saturated carbocycles. The van der Waals surface area contributed by atoms with E-state index >= 15 is 0 Å². The topological polar surface area (TPSA) is 74.7 Å². The molecule has 1 aliphatic heterocycles. The molecule has 2 rings (SSSR count). The van der Waals surface area contributed by atoms with Crippen LogP contribution < -0.4 is 0 Å². The summed E-state index contributed by atoms with van der Waals surface area (Å²) in [6.45, 7) is 1.64. The van der Waals surface area contributed by atoms with Gasteiger partial charge in [-0.25, -0.2) is 0 Å². The monoisotopic (exact) mass is 289 g/mol. The van der Waals surface area contributed by atoms with Gasteiger partial charge in [0.15, 0.2) is 0 Å². The quantitative estimate of drug-likeness (QED) is 0.816. The van der Waals surface area contributed by atoms with Gasteiger partial charge in [0.2, 0.25) is 11.8 Å². The summed E-state index contributed by atoms with van der Waals surface area (Å²) in [5.41, 5.74) is 0.874. The predicted octanol–water partition coefficient (Wildman–Crippen LogP) is 2.38. The molecule has 112 valence electrons. The highest BCUT2D eigenvalue weighted by molar-refractivity contribution is 6.02. The zero-order chi connectivity index (χ0) is 15.4. The molecule has 21 heavy (non-hydrogen) atoms. The van der Waals surface area contributed by atoms with Crippen molar-refractivity contribution in [2.75, 3.05) is 0 Å². The van der Waals surface area contributed by atoms with Crippen molar-refractivity contribution in [3.05, 3.63) is 35.9 Å². The van der Waals surface area contributed by atoms with Crippen LogP contribution in [0.4, 0.5) is 0 Å². The largest absolute Gasteiger partial charge is 0.481 e. The van der Waals surface area contributed by atoms with E-state index in [9.17, 15) is 14.4 Å². The van der Waals surface area contributed by atoms with E-state index in [4.69, 9.17) is 5.11 Å². The third kappa shape index (κ3) is 3.48. The van der Waals surface area contributed by atoms with Gasteiger partial charge in [0.05, 0.1) is 12.0 Å². The first-order valence-electron chi connectivity index (χ1n) is 7.13. The molecule has 1 fully saturated rings. The highest BCUT2D eigenvalue weighted by Gasteiger charge is 2.35. The van der Waals surface area contributed by atoms with Crippen LogP contribution in [0, 0.1) is 5.92 Å². The number of carboxylic acids is 1. The number of likely N-dealkylation sites (tertiary alicyclic amines) is 1. The minimum Gasteiger partial charge on any atom is -0.481 e. The molecule has 0 aliphatic carbocycles. The first kappa shape index (κ1) is 15.2. The summed E-state index contributed by atoms with van der Waals surface area (Å²) >= 11 is 0. The summed E-state index contributed by atoms with van der Waals surface area (Å²) in [7, 11) is 0. The molecule has 0 bridgehead atoms. The lowest BCUT2D eigenvalue weighted by molar-refractivity contribution is -0.141. The molecule has 0 aromatic heterocycles. The van der Waals surface area contributed by atoms with Gasteiger partial charge in [-0.15, -0.1) is 0 Å². The Morgan fingerprint density at radius 1 is 1.14 bits per heavy atom. The van der Waals surface area contributed by atoms with E-state index in [1.54, 1.807) is 6.92 Å². The van der Waals surface area contributed by atoms with Gasteiger partial charge >= 0.3 is 5.97 Å². The molecule has 1 heterocycles. The maximum atomic E-state index is 12.0. The van der Waals surface area contributed by atoms with Gasteiger partial charge in [0.1, 0.15) is 0 Å². The highest BCUT2D eigenvalue weighted by atomic mass is 16.4. The van der Waals surface area contributed by atoms with Gasteiger partial charge in [-0.2, -0.15) is 0 Å². The van der Waals surface area contributed by atoms with Crippen molar-refractivity contribution in [1.29, 1.82) is 0 Å². The fourth-order valence-electron chi connectivity index (χ4n) is 2.59. The molecule has 2 amide bonds. The van der Waals surface area contributed by atoms with Crippen LogP contribution in [0.1, 0.15) is 44.2 Å². The number of hydrogen-bond acceptors (Lipinski definition) is 3. The zero-order valence-corrected chi connectivity index (χ0v) is 12.0. The van der Waals surface area contributed by atoms with E-state index in [1.165, 1.54) is 4.90 Å². The van der Waals surface area contributed by atoms with Crippen LogP contribution in [0.15, 0.2) is 30.3 Å². The Morgan fingerprint density at radius 2 is 1.71 bits per heavy atom. The Labute approximate surface area is 123 Å². The molecule has 1 saturated heterocycles. The van der Waals surface area contributed by atoms with Crippen LogP contribution >= 0.6 is 0 Å². The minimum atomic E-state index is -0.860. The Morgan fingerprint density at radius 3 is 2.24 bits per heavy atom. The normalized spacial score (nSPS) is 17.9. The van der Waals surface area contributed by atoms with E-state index in [1.807, 2.05) is 30.3 Å². The lowest BCUT2D eigenvalue weighted by atomic mass is 9.95. The Balaban J connectivity index is 2.21. The number of nitrogens with zero attached hydrogens (tertiary/aromatic N) is 1. The Hall–Kier alpha value is -2.17. The molecule has 2 unspecified atom stereocenters. The van der Waals surface area contributed by atoms with Crippen LogP contribution in [-0.2, 0) is 14.4 Å². The SMILES string of the molecule is CC(CCC(c1ccccc1)N1C(=O)CCC1=O)C(=O)O. The van der Waals surface area contributed by atoms with E-state index in [2.05, 4.69) is 0 Å². The molecule has 0 spiro atoms. The third-order valence-electron chi connectivity index (χ3n) is 3.88. The van der Waals surface area contributed by atoms with Gasteiger partial charge in [0, 0.05) is 12.8 Å². The van der Waals surface area contributed by atoms with Crippen molar-refractivity contribution in [1.82, 2.24) is 4.90 Å². The summed E-state index contributed by atoms with van der Waals surface area (Å²) in [6.07, 6.45) is 1.38. The van der Waals surface area contributed by atoms with Crippen molar-refractivity contribution < 1.29 is 19.5 Å². The van der Waals surface area contributed by atoms with Crippen molar-refractivity contribution in [3.8, 4) is 0 Å².